The minimum atomic E-state index is -0.333. The molecule has 0 aromatic heterocycles. The van der Waals surface area contributed by atoms with Gasteiger partial charge in [0.15, 0.2) is 0 Å². The van der Waals surface area contributed by atoms with Crippen LogP contribution >= 0.6 is 0 Å². The lowest BCUT2D eigenvalue weighted by molar-refractivity contribution is -0.644. The maximum Gasteiger partial charge on any atom is 0.101 e. The van der Waals surface area contributed by atoms with Crippen molar-refractivity contribution in [2.24, 2.45) is 0 Å². The number of hydrogen-bond acceptors (Lipinski definition) is 4. The predicted molar refractivity (Wildman–Crippen MR) is 71.6 cm³/mol. The zero-order valence-corrected chi connectivity index (χ0v) is 12.5. The molecule has 0 heterocycles. The van der Waals surface area contributed by atoms with Gasteiger partial charge in [-0.25, -0.2) is 4.89 Å². The monoisotopic (exact) mass is 262 g/mol. The van der Waals surface area contributed by atoms with E-state index >= 15 is 0 Å². The number of rotatable bonds is 13. The first-order valence-electron chi connectivity index (χ1n) is 7.17. The molecule has 4 nitrogen and oxygen atoms in total. The molecule has 0 saturated carbocycles. The van der Waals surface area contributed by atoms with Gasteiger partial charge in [0, 0.05) is 0 Å². The van der Waals surface area contributed by atoms with Crippen molar-refractivity contribution in [2.45, 2.75) is 84.2 Å². The summed E-state index contributed by atoms with van der Waals surface area (Å²) in [5.41, 5.74) is -0.333. The molecule has 4 heteroatoms. The number of hydrogen-bond donors (Lipinski definition) is 0. The fourth-order valence-electron chi connectivity index (χ4n) is 1.86. The fraction of sp³-hybridized carbons (Fsp3) is 1.00. The van der Waals surface area contributed by atoms with Gasteiger partial charge < -0.3 is 0 Å². The molecule has 18 heavy (non-hydrogen) atoms. The van der Waals surface area contributed by atoms with Gasteiger partial charge in [-0.1, -0.05) is 58.3 Å². The summed E-state index contributed by atoms with van der Waals surface area (Å²) >= 11 is 0. The second-order valence-electron chi connectivity index (χ2n) is 5.37. The number of unbranched alkanes of at least 4 members (excludes halogenated alkanes) is 7. The van der Waals surface area contributed by atoms with E-state index in [1.54, 1.807) is 0 Å². The molecule has 0 amide bonds. The zero-order chi connectivity index (χ0) is 13.7. The van der Waals surface area contributed by atoms with Crippen LogP contribution in [0, 0.1) is 0 Å². The van der Waals surface area contributed by atoms with Gasteiger partial charge in [0.05, 0.1) is 7.11 Å². The fourth-order valence-corrected chi connectivity index (χ4v) is 1.86. The van der Waals surface area contributed by atoms with Gasteiger partial charge in [0.25, 0.3) is 0 Å². The third kappa shape index (κ3) is 12.3. The molecule has 0 aromatic carbocycles. The molecule has 0 aromatic rings. The van der Waals surface area contributed by atoms with Gasteiger partial charge in [-0.3, -0.25) is 0 Å². The molecule has 0 bridgehead atoms. The van der Waals surface area contributed by atoms with E-state index < -0.39 is 0 Å². The largest absolute Gasteiger partial charge is 0.207 e. The van der Waals surface area contributed by atoms with E-state index in [9.17, 15) is 0 Å². The van der Waals surface area contributed by atoms with Crippen molar-refractivity contribution in [3.63, 3.8) is 0 Å². The SMILES string of the molecule is CCCCCCCCCCC(C)(C)OOOOC. The van der Waals surface area contributed by atoms with E-state index in [-0.39, 0.29) is 5.60 Å². The van der Waals surface area contributed by atoms with Crippen molar-refractivity contribution in [3.8, 4) is 0 Å². The predicted octanol–water partition coefficient (Wildman–Crippen LogP) is 4.74. The van der Waals surface area contributed by atoms with Crippen LogP contribution in [0.1, 0.15) is 78.6 Å². The summed E-state index contributed by atoms with van der Waals surface area (Å²) < 4.78 is 0. The van der Waals surface area contributed by atoms with Gasteiger partial charge in [-0.05, 0) is 30.3 Å². The Bertz CT molecular complexity index is 171. The highest BCUT2D eigenvalue weighted by Crippen LogP contribution is 2.20. The van der Waals surface area contributed by atoms with Crippen LogP contribution in [0.25, 0.3) is 0 Å². The van der Waals surface area contributed by atoms with E-state index in [1.807, 2.05) is 13.8 Å². The Labute approximate surface area is 112 Å². The Hall–Kier alpha value is -0.160. The Balaban J connectivity index is 3.30. The maximum atomic E-state index is 5.08. The lowest BCUT2D eigenvalue weighted by atomic mass is 9.99. The highest BCUT2D eigenvalue weighted by Gasteiger charge is 2.20. The van der Waals surface area contributed by atoms with Crippen molar-refractivity contribution >= 4 is 0 Å². The Morgan fingerprint density at radius 2 is 1.33 bits per heavy atom. The molecule has 0 spiro atoms. The van der Waals surface area contributed by atoms with Crippen molar-refractivity contribution < 1.29 is 19.9 Å². The van der Waals surface area contributed by atoms with Gasteiger partial charge in [-0.15, -0.1) is 0 Å². The minimum Gasteiger partial charge on any atom is -0.207 e. The van der Waals surface area contributed by atoms with Crippen molar-refractivity contribution in [1.82, 2.24) is 0 Å². The average molecular weight is 262 g/mol. The molecule has 110 valence electrons. The Morgan fingerprint density at radius 1 is 0.778 bits per heavy atom. The Kier molecular flexibility index (Phi) is 11.8. The third-order valence-electron chi connectivity index (χ3n) is 2.99. The molecular weight excluding hydrogens is 232 g/mol. The first-order valence-corrected chi connectivity index (χ1v) is 7.17. The molecule has 0 rings (SSSR count). The molecule has 0 N–H and O–H groups in total. The van der Waals surface area contributed by atoms with Crippen LogP contribution in [0.5, 0.6) is 0 Å². The minimum absolute atomic E-state index is 0.333. The molecule has 0 aliphatic carbocycles. The summed E-state index contributed by atoms with van der Waals surface area (Å²) in [4.78, 5) is 9.36. The van der Waals surface area contributed by atoms with Crippen LogP contribution in [0.2, 0.25) is 0 Å². The summed E-state index contributed by atoms with van der Waals surface area (Å²) in [6, 6.07) is 0. The summed E-state index contributed by atoms with van der Waals surface area (Å²) in [6.45, 7) is 6.21. The molecular formula is C14H30O4. The standard InChI is InChI=1S/C14H30O4/c1-5-6-7-8-9-10-11-12-13-14(2,3)16-18-17-15-4/h5-13H2,1-4H3. The quantitative estimate of drug-likeness (QED) is 0.273. The molecule has 0 saturated heterocycles. The molecule has 0 aliphatic heterocycles. The molecule has 0 aliphatic rings. The summed E-state index contributed by atoms with van der Waals surface area (Å²) in [5.74, 6) is 0. The van der Waals surface area contributed by atoms with E-state index in [0.29, 0.717) is 0 Å². The topological polar surface area (TPSA) is 36.9 Å². The normalized spacial score (nSPS) is 12.0. The lowest BCUT2D eigenvalue weighted by Crippen LogP contribution is -2.24. The highest BCUT2D eigenvalue weighted by atomic mass is 17.7. The molecule has 0 unspecified atom stereocenters. The molecule has 0 radical (unpaired) electrons. The van der Waals surface area contributed by atoms with Gasteiger partial charge in [-0.2, -0.15) is 4.89 Å². The summed E-state index contributed by atoms with van der Waals surface area (Å²) in [7, 11) is 1.37. The maximum absolute atomic E-state index is 5.08. The second kappa shape index (κ2) is 11.9. The van der Waals surface area contributed by atoms with Crippen LogP contribution in [0.3, 0.4) is 0 Å². The van der Waals surface area contributed by atoms with Crippen LogP contribution in [0.15, 0.2) is 0 Å². The van der Waals surface area contributed by atoms with Crippen molar-refractivity contribution in [2.75, 3.05) is 7.11 Å². The lowest BCUT2D eigenvalue weighted by Gasteiger charge is -2.21. The van der Waals surface area contributed by atoms with Gasteiger partial charge in [0.2, 0.25) is 0 Å². The van der Waals surface area contributed by atoms with Gasteiger partial charge in [0.1, 0.15) is 5.60 Å². The van der Waals surface area contributed by atoms with Crippen molar-refractivity contribution in [3.05, 3.63) is 0 Å². The van der Waals surface area contributed by atoms with E-state index in [0.717, 1.165) is 12.8 Å². The third-order valence-corrected chi connectivity index (χ3v) is 2.99. The van der Waals surface area contributed by atoms with E-state index in [4.69, 9.17) is 4.89 Å². The summed E-state index contributed by atoms with van der Waals surface area (Å²) in [6.07, 6.45) is 11.5. The van der Waals surface area contributed by atoms with E-state index in [2.05, 4.69) is 21.9 Å². The Morgan fingerprint density at radius 3 is 1.89 bits per heavy atom. The second-order valence-corrected chi connectivity index (χ2v) is 5.37. The van der Waals surface area contributed by atoms with Crippen LogP contribution < -0.4 is 0 Å². The van der Waals surface area contributed by atoms with Gasteiger partial charge >= 0.3 is 0 Å². The van der Waals surface area contributed by atoms with Crippen LogP contribution in [0.4, 0.5) is 0 Å². The first kappa shape index (κ1) is 17.8. The molecule has 0 fully saturated rings. The average Bonchev–Trinajstić information content (AvgIpc) is 2.33. The molecule has 0 atom stereocenters. The van der Waals surface area contributed by atoms with Crippen LogP contribution in [-0.2, 0) is 19.9 Å². The first-order chi connectivity index (χ1) is 8.62. The highest BCUT2D eigenvalue weighted by molar-refractivity contribution is 4.66. The van der Waals surface area contributed by atoms with Crippen LogP contribution in [-0.4, -0.2) is 12.7 Å². The van der Waals surface area contributed by atoms with E-state index in [1.165, 1.54) is 52.1 Å². The zero-order valence-electron chi connectivity index (χ0n) is 12.5. The smallest absolute Gasteiger partial charge is 0.101 e. The summed E-state index contributed by atoms with van der Waals surface area (Å²) in [5, 5.41) is 8.68. The van der Waals surface area contributed by atoms with Crippen molar-refractivity contribution in [1.29, 1.82) is 0 Å².